The van der Waals surface area contributed by atoms with Crippen molar-refractivity contribution in [1.82, 2.24) is 18.8 Å². The van der Waals surface area contributed by atoms with Crippen molar-refractivity contribution in [2.24, 2.45) is 7.05 Å². The lowest BCUT2D eigenvalue weighted by Gasteiger charge is -2.38. The second kappa shape index (κ2) is 6.86. The summed E-state index contributed by atoms with van der Waals surface area (Å²) < 4.78 is 26.7. The molecular weight excluding hydrogens is 374 g/mol. The molecule has 0 bridgehead atoms. The molecule has 1 aliphatic rings. The molecule has 1 fully saturated rings. The third kappa shape index (κ3) is 3.27. The zero-order valence-electron chi connectivity index (χ0n) is 16.6. The Morgan fingerprint density at radius 1 is 1.21 bits per heavy atom. The smallest absolute Gasteiger partial charge is 0.211 e. The van der Waals surface area contributed by atoms with Crippen LogP contribution >= 0.6 is 0 Å². The Hall–Kier alpha value is -2.45. The number of nitrogens with zero attached hydrogens (tertiary/aromatic N) is 5. The van der Waals surface area contributed by atoms with Crippen molar-refractivity contribution in [3.63, 3.8) is 0 Å². The molecule has 2 aromatic heterocycles. The Morgan fingerprint density at radius 2 is 1.96 bits per heavy atom. The molecule has 148 valence electrons. The van der Waals surface area contributed by atoms with E-state index in [0.29, 0.717) is 13.1 Å². The summed E-state index contributed by atoms with van der Waals surface area (Å²) in [4.78, 5) is 11.0. The van der Waals surface area contributed by atoms with Gasteiger partial charge in [-0.3, -0.25) is 0 Å². The third-order valence-electron chi connectivity index (χ3n) is 5.58. The van der Waals surface area contributed by atoms with E-state index in [1.165, 1.54) is 21.7 Å². The predicted molar refractivity (Wildman–Crippen MR) is 112 cm³/mol. The molecule has 0 aliphatic carbocycles. The first kappa shape index (κ1) is 18.9. The Kier molecular flexibility index (Phi) is 4.63. The SMILES string of the molecule is CCc1cc(C2CN(S(C)(=O)=O)C2)ccc1N(C)c1cc2c(cn1)ncn2C. The minimum atomic E-state index is -3.09. The number of benzene rings is 1. The number of sulfonamides is 1. The molecule has 8 heteroatoms. The molecule has 1 saturated heterocycles. The Bertz CT molecular complexity index is 1130. The maximum Gasteiger partial charge on any atom is 0.211 e. The van der Waals surface area contributed by atoms with Gasteiger partial charge in [-0.2, -0.15) is 0 Å². The van der Waals surface area contributed by atoms with Gasteiger partial charge in [0.15, 0.2) is 0 Å². The Labute approximate surface area is 165 Å². The molecule has 0 atom stereocenters. The van der Waals surface area contributed by atoms with Crippen LogP contribution < -0.4 is 4.90 Å². The van der Waals surface area contributed by atoms with E-state index in [2.05, 4.69) is 40.0 Å². The third-order valence-corrected chi connectivity index (χ3v) is 6.81. The fraction of sp³-hybridized carbons (Fsp3) is 0.400. The maximum atomic E-state index is 11.6. The summed E-state index contributed by atoms with van der Waals surface area (Å²) in [6, 6.07) is 8.48. The van der Waals surface area contributed by atoms with Gasteiger partial charge in [-0.1, -0.05) is 19.1 Å². The number of hydrogen-bond donors (Lipinski definition) is 0. The predicted octanol–water partition coefficient (Wildman–Crippen LogP) is 2.66. The average Bonchev–Trinajstić information content (AvgIpc) is 2.99. The van der Waals surface area contributed by atoms with Gasteiger partial charge in [0.05, 0.1) is 24.3 Å². The van der Waals surface area contributed by atoms with Crippen molar-refractivity contribution >= 4 is 32.6 Å². The molecule has 1 aromatic carbocycles. The quantitative estimate of drug-likeness (QED) is 0.660. The second-order valence-electron chi connectivity index (χ2n) is 7.46. The first-order valence-electron chi connectivity index (χ1n) is 9.36. The van der Waals surface area contributed by atoms with Crippen molar-refractivity contribution in [1.29, 1.82) is 0 Å². The highest BCUT2D eigenvalue weighted by Gasteiger charge is 2.34. The lowest BCUT2D eigenvalue weighted by molar-refractivity contribution is 0.266. The first-order valence-corrected chi connectivity index (χ1v) is 11.2. The molecule has 3 heterocycles. The molecule has 0 saturated carbocycles. The summed E-state index contributed by atoms with van der Waals surface area (Å²) in [5.74, 6) is 1.13. The van der Waals surface area contributed by atoms with Gasteiger partial charge in [-0.25, -0.2) is 22.7 Å². The van der Waals surface area contributed by atoms with Gasteiger partial charge in [0.2, 0.25) is 10.0 Å². The van der Waals surface area contributed by atoms with E-state index >= 15 is 0 Å². The van der Waals surface area contributed by atoms with Gasteiger partial charge in [-0.15, -0.1) is 0 Å². The zero-order valence-corrected chi connectivity index (χ0v) is 17.4. The van der Waals surface area contributed by atoms with E-state index in [-0.39, 0.29) is 5.92 Å². The highest BCUT2D eigenvalue weighted by atomic mass is 32.2. The van der Waals surface area contributed by atoms with Gasteiger partial charge in [0, 0.05) is 44.9 Å². The van der Waals surface area contributed by atoms with Crippen molar-refractivity contribution in [3.8, 4) is 0 Å². The van der Waals surface area contributed by atoms with Gasteiger partial charge < -0.3 is 9.47 Å². The van der Waals surface area contributed by atoms with Crippen LogP contribution in [-0.4, -0.2) is 53.7 Å². The van der Waals surface area contributed by atoms with Crippen molar-refractivity contribution in [2.45, 2.75) is 19.3 Å². The van der Waals surface area contributed by atoms with E-state index in [9.17, 15) is 8.42 Å². The van der Waals surface area contributed by atoms with Crippen molar-refractivity contribution < 1.29 is 8.42 Å². The van der Waals surface area contributed by atoms with E-state index in [0.717, 1.165) is 29.0 Å². The van der Waals surface area contributed by atoms with Gasteiger partial charge in [-0.05, 0) is 23.6 Å². The van der Waals surface area contributed by atoms with Gasteiger partial charge in [0.25, 0.3) is 0 Å². The van der Waals surface area contributed by atoms with Crippen LogP contribution in [0.15, 0.2) is 36.8 Å². The lowest BCUT2D eigenvalue weighted by Crippen LogP contribution is -2.47. The summed E-state index contributed by atoms with van der Waals surface area (Å²) in [5.41, 5.74) is 5.46. The Balaban J connectivity index is 1.61. The fourth-order valence-electron chi connectivity index (χ4n) is 3.72. The number of aromatic nitrogens is 3. The van der Waals surface area contributed by atoms with Crippen molar-refractivity contribution in [3.05, 3.63) is 47.9 Å². The van der Waals surface area contributed by atoms with Crippen LogP contribution in [0.2, 0.25) is 0 Å². The van der Waals surface area contributed by atoms with Crippen LogP contribution in [0, 0.1) is 0 Å². The minimum absolute atomic E-state index is 0.267. The van der Waals surface area contributed by atoms with Crippen LogP contribution in [-0.2, 0) is 23.5 Å². The van der Waals surface area contributed by atoms with Crippen LogP contribution in [0.5, 0.6) is 0 Å². The van der Waals surface area contributed by atoms with Gasteiger partial charge in [0.1, 0.15) is 11.3 Å². The summed E-state index contributed by atoms with van der Waals surface area (Å²) in [7, 11) is 0.910. The molecule has 0 spiro atoms. The highest BCUT2D eigenvalue weighted by Crippen LogP contribution is 2.34. The standard InChI is InChI=1S/C20H25N5O2S/c1-5-14-8-15(16-11-25(12-16)28(4,26)27)6-7-18(14)24(3)20-9-19-17(10-21-20)22-13-23(19)2/h6-10,13,16H,5,11-12H2,1-4H3. The molecule has 0 unspecified atom stereocenters. The topological polar surface area (TPSA) is 71.3 Å². The first-order chi connectivity index (χ1) is 13.3. The molecule has 1 aliphatic heterocycles. The van der Waals surface area contributed by atoms with Crippen LogP contribution in [0.4, 0.5) is 11.5 Å². The maximum absolute atomic E-state index is 11.6. The second-order valence-corrected chi connectivity index (χ2v) is 9.45. The van der Waals surface area contributed by atoms with Crippen LogP contribution in [0.25, 0.3) is 11.0 Å². The average molecular weight is 400 g/mol. The summed E-state index contributed by atoms with van der Waals surface area (Å²) in [6.45, 7) is 3.27. The number of pyridine rings is 1. The highest BCUT2D eigenvalue weighted by molar-refractivity contribution is 7.88. The van der Waals surface area contributed by atoms with Crippen LogP contribution in [0.3, 0.4) is 0 Å². The monoisotopic (exact) mass is 399 g/mol. The molecule has 7 nitrogen and oxygen atoms in total. The molecule has 3 aromatic rings. The number of hydrogen-bond acceptors (Lipinski definition) is 5. The lowest BCUT2D eigenvalue weighted by atomic mass is 9.91. The molecule has 0 amide bonds. The zero-order chi connectivity index (χ0) is 20.1. The van der Waals surface area contributed by atoms with E-state index < -0.39 is 10.0 Å². The molecule has 28 heavy (non-hydrogen) atoms. The van der Waals surface area contributed by atoms with E-state index in [1.807, 2.05) is 24.7 Å². The number of anilines is 2. The normalized spacial score (nSPS) is 15.7. The summed E-state index contributed by atoms with van der Waals surface area (Å²) in [6.07, 6.45) is 5.75. The number of aryl methyl sites for hydroxylation is 2. The molecule has 4 rings (SSSR count). The number of imidazole rings is 1. The van der Waals surface area contributed by atoms with E-state index in [1.54, 1.807) is 12.5 Å². The summed E-state index contributed by atoms with van der Waals surface area (Å²) >= 11 is 0. The largest absolute Gasteiger partial charge is 0.334 e. The fourth-order valence-corrected chi connectivity index (χ4v) is 4.62. The molecular formula is C20H25N5O2S. The molecule has 0 N–H and O–H groups in total. The van der Waals surface area contributed by atoms with Crippen molar-refractivity contribution in [2.75, 3.05) is 31.3 Å². The summed E-state index contributed by atoms with van der Waals surface area (Å²) in [5, 5.41) is 0. The van der Waals surface area contributed by atoms with E-state index in [4.69, 9.17) is 0 Å². The van der Waals surface area contributed by atoms with Gasteiger partial charge >= 0.3 is 0 Å². The van der Waals surface area contributed by atoms with Crippen LogP contribution in [0.1, 0.15) is 24.0 Å². The number of fused-ring (bicyclic) bond motifs is 1. The molecule has 0 radical (unpaired) electrons. The Morgan fingerprint density at radius 3 is 2.64 bits per heavy atom. The number of rotatable bonds is 5. The minimum Gasteiger partial charge on any atom is -0.334 e.